The van der Waals surface area contributed by atoms with Gasteiger partial charge in [-0.1, -0.05) is 0 Å². The van der Waals surface area contributed by atoms with Gasteiger partial charge in [0.15, 0.2) is 5.78 Å². The Bertz CT molecular complexity index is 508. The van der Waals surface area contributed by atoms with Crippen LogP contribution < -0.4 is 10.1 Å². The summed E-state index contributed by atoms with van der Waals surface area (Å²) in [5, 5.41) is 2.57. The number of hydrogen-bond donors (Lipinski definition) is 1. The number of Topliss-reactive ketones (excluding diaryl/α,β-unsaturated/α-hetero) is 1. The van der Waals surface area contributed by atoms with Crippen LogP contribution in [0.1, 0.15) is 31.1 Å². The van der Waals surface area contributed by atoms with Gasteiger partial charge in [0, 0.05) is 11.8 Å². The van der Waals surface area contributed by atoms with Gasteiger partial charge in [-0.25, -0.2) is 4.79 Å². The molecule has 0 heterocycles. The lowest BCUT2D eigenvalue weighted by Crippen LogP contribution is -2.27. The molecule has 110 valence electrons. The Morgan fingerprint density at radius 2 is 1.95 bits per heavy atom. The molecule has 0 radical (unpaired) electrons. The minimum Gasteiger partial charge on any atom is -0.496 e. The molecule has 0 spiro atoms. The average Bonchev–Trinajstić information content (AvgIpc) is 2.35. The van der Waals surface area contributed by atoms with Gasteiger partial charge in [-0.05, 0) is 32.9 Å². The lowest BCUT2D eigenvalue weighted by atomic mass is 10.1. The van der Waals surface area contributed by atoms with Gasteiger partial charge in [0.1, 0.15) is 11.4 Å². The zero-order valence-corrected chi connectivity index (χ0v) is 12.7. The van der Waals surface area contributed by atoms with Crippen LogP contribution in [0.5, 0.6) is 5.75 Å². The Labute approximate surface area is 123 Å². The van der Waals surface area contributed by atoms with E-state index in [1.54, 1.807) is 39.0 Å². The summed E-state index contributed by atoms with van der Waals surface area (Å²) >= 11 is 5.52. The van der Waals surface area contributed by atoms with Crippen molar-refractivity contribution in [1.82, 2.24) is 0 Å². The molecule has 0 fully saturated rings. The first-order chi connectivity index (χ1) is 9.26. The maximum Gasteiger partial charge on any atom is 0.412 e. The molecule has 1 amide bonds. The second-order valence-corrected chi connectivity index (χ2v) is 5.37. The lowest BCUT2D eigenvalue weighted by molar-refractivity contribution is 0.0636. The first-order valence-electron chi connectivity index (χ1n) is 6.04. The molecule has 0 aliphatic rings. The normalized spacial score (nSPS) is 10.8. The molecule has 0 bridgehead atoms. The standard InChI is InChI=1S/C14H18ClNO4/c1-14(2,3)20-13(18)16-9-5-6-10(11(17)8-15)12(7-9)19-4/h5-7H,8H2,1-4H3,(H,16,18). The van der Waals surface area contributed by atoms with E-state index in [4.69, 9.17) is 21.1 Å². The Kier molecular flexibility index (Phi) is 5.39. The fourth-order valence-electron chi connectivity index (χ4n) is 1.49. The van der Waals surface area contributed by atoms with Crippen molar-refractivity contribution in [3.8, 4) is 5.75 Å². The first-order valence-corrected chi connectivity index (χ1v) is 6.57. The summed E-state index contributed by atoms with van der Waals surface area (Å²) in [5.74, 6) is -0.0219. The van der Waals surface area contributed by atoms with Crippen molar-refractivity contribution >= 4 is 29.2 Å². The fourth-order valence-corrected chi connectivity index (χ4v) is 1.64. The molecular formula is C14H18ClNO4. The number of nitrogens with one attached hydrogen (secondary N) is 1. The van der Waals surface area contributed by atoms with Crippen molar-refractivity contribution in [3.05, 3.63) is 23.8 Å². The van der Waals surface area contributed by atoms with Crippen LogP contribution >= 0.6 is 11.6 Å². The Morgan fingerprint density at radius 1 is 1.30 bits per heavy atom. The summed E-state index contributed by atoms with van der Waals surface area (Å²) in [4.78, 5) is 23.2. The number of carbonyl (C=O) groups excluding carboxylic acids is 2. The summed E-state index contributed by atoms with van der Waals surface area (Å²) < 4.78 is 10.3. The number of carbonyl (C=O) groups is 2. The number of amides is 1. The van der Waals surface area contributed by atoms with Crippen molar-refractivity contribution in [2.24, 2.45) is 0 Å². The van der Waals surface area contributed by atoms with Crippen LogP contribution in [0.3, 0.4) is 0 Å². The number of methoxy groups -OCH3 is 1. The first kappa shape index (κ1) is 16.3. The highest BCUT2D eigenvalue weighted by Crippen LogP contribution is 2.24. The van der Waals surface area contributed by atoms with Crippen LogP contribution in [0, 0.1) is 0 Å². The second-order valence-electron chi connectivity index (χ2n) is 5.10. The summed E-state index contributed by atoms with van der Waals surface area (Å²) in [7, 11) is 1.44. The van der Waals surface area contributed by atoms with Crippen LogP contribution in [-0.4, -0.2) is 30.5 Å². The van der Waals surface area contributed by atoms with Gasteiger partial charge in [-0.3, -0.25) is 10.1 Å². The van der Waals surface area contributed by atoms with Gasteiger partial charge in [-0.15, -0.1) is 11.6 Å². The molecule has 0 aliphatic carbocycles. The SMILES string of the molecule is COc1cc(NC(=O)OC(C)(C)C)ccc1C(=O)CCl. The molecule has 0 atom stereocenters. The quantitative estimate of drug-likeness (QED) is 0.683. The van der Waals surface area contributed by atoms with Gasteiger partial charge in [-0.2, -0.15) is 0 Å². The highest BCUT2D eigenvalue weighted by atomic mass is 35.5. The van der Waals surface area contributed by atoms with Crippen molar-refractivity contribution < 1.29 is 19.1 Å². The van der Waals surface area contributed by atoms with E-state index in [-0.39, 0.29) is 11.7 Å². The van der Waals surface area contributed by atoms with Gasteiger partial charge in [0.25, 0.3) is 0 Å². The highest BCUT2D eigenvalue weighted by Gasteiger charge is 2.17. The molecular weight excluding hydrogens is 282 g/mol. The summed E-state index contributed by atoms with van der Waals surface area (Å²) in [5.41, 5.74) is 0.266. The van der Waals surface area contributed by atoms with E-state index in [9.17, 15) is 9.59 Å². The molecule has 5 nitrogen and oxygen atoms in total. The van der Waals surface area contributed by atoms with Crippen LogP contribution in [0.4, 0.5) is 10.5 Å². The topological polar surface area (TPSA) is 64.6 Å². The predicted octanol–water partition coefficient (Wildman–Crippen LogP) is 3.46. The zero-order valence-electron chi connectivity index (χ0n) is 12.0. The van der Waals surface area contributed by atoms with Crippen molar-refractivity contribution in [3.63, 3.8) is 0 Å². The second kappa shape index (κ2) is 6.61. The third-order valence-corrected chi connectivity index (χ3v) is 2.51. The molecule has 0 aromatic heterocycles. The number of halogens is 1. The van der Waals surface area contributed by atoms with Crippen LogP contribution in [0.25, 0.3) is 0 Å². The van der Waals surface area contributed by atoms with E-state index in [0.29, 0.717) is 17.0 Å². The van der Waals surface area contributed by atoms with Crippen LogP contribution in [0.2, 0.25) is 0 Å². The molecule has 1 rings (SSSR count). The van der Waals surface area contributed by atoms with Gasteiger partial charge in [0.05, 0.1) is 18.6 Å². The molecule has 1 N–H and O–H groups in total. The largest absolute Gasteiger partial charge is 0.496 e. The third-order valence-electron chi connectivity index (χ3n) is 2.27. The molecule has 1 aromatic rings. The van der Waals surface area contributed by atoms with E-state index >= 15 is 0 Å². The smallest absolute Gasteiger partial charge is 0.412 e. The number of alkyl halides is 1. The van der Waals surface area contributed by atoms with Crippen molar-refractivity contribution in [2.75, 3.05) is 18.3 Å². The van der Waals surface area contributed by atoms with Gasteiger partial charge < -0.3 is 9.47 Å². The van der Waals surface area contributed by atoms with Gasteiger partial charge >= 0.3 is 6.09 Å². The van der Waals surface area contributed by atoms with E-state index in [2.05, 4.69) is 5.32 Å². The summed E-state index contributed by atoms with van der Waals surface area (Å²) in [6.45, 7) is 5.32. The monoisotopic (exact) mass is 299 g/mol. The third kappa shape index (κ3) is 4.74. The maximum atomic E-state index is 11.6. The minimum absolute atomic E-state index is 0.130. The molecule has 0 aliphatic heterocycles. The average molecular weight is 300 g/mol. The van der Waals surface area contributed by atoms with E-state index in [0.717, 1.165) is 0 Å². The Morgan fingerprint density at radius 3 is 2.45 bits per heavy atom. The summed E-state index contributed by atoms with van der Waals surface area (Å²) in [6.07, 6.45) is -0.573. The molecule has 0 saturated heterocycles. The molecule has 1 aromatic carbocycles. The number of ether oxygens (including phenoxy) is 2. The fraction of sp³-hybridized carbons (Fsp3) is 0.429. The van der Waals surface area contributed by atoms with E-state index in [1.165, 1.54) is 7.11 Å². The van der Waals surface area contributed by atoms with Gasteiger partial charge in [0.2, 0.25) is 0 Å². The van der Waals surface area contributed by atoms with E-state index < -0.39 is 11.7 Å². The number of rotatable bonds is 4. The molecule has 20 heavy (non-hydrogen) atoms. The molecule has 0 saturated carbocycles. The Hall–Kier alpha value is -1.75. The zero-order chi connectivity index (χ0) is 15.3. The van der Waals surface area contributed by atoms with Crippen molar-refractivity contribution in [2.45, 2.75) is 26.4 Å². The number of hydrogen-bond acceptors (Lipinski definition) is 4. The number of ketones is 1. The minimum atomic E-state index is -0.581. The van der Waals surface area contributed by atoms with E-state index in [1.807, 2.05) is 0 Å². The van der Waals surface area contributed by atoms with Crippen LogP contribution in [-0.2, 0) is 4.74 Å². The number of anilines is 1. The highest BCUT2D eigenvalue weighted by molar-refractivity contribution is 6.30. The predicted molar refractivity (Wildman–Crippen MR) is 77.9 cm³/mol. The number of benzene rings is 1. The van der Waals surface area contributed by atoms with Crippen molar-refractivity contribution in [1.29, 1.82) is 0 Å². The molecule has 0 unspecified atom stereocenters. The maximum absolute atomic E-state index is 11.6. The Balaban J connectivity index is 2.88. The lowest BCUT2D eigenvalue weighted by Gasteiger charge is -2.20. The summed E-state index contributed by atoms with van der Waals surface area (Å²) in [6, 6.07) is 4.69. The molecule has 6 heteroatoms. The van der Waals surface area contributed by atoms with Crippen LogP contribution in [0.15, 0.2) is 18.2 Å².